The first kappa shape index (κ1) is 14.9. The lowest BCUT2D eigenvalue weighted by atomic mass is 10.2. The molecule has 110 valence electrons. The molecule has 0 aliphatic carbocycles. The van der Waals surface area contributed by atoms with Gasteiger partial charge < -0.3 is 15.0 Å². The minimum Gasteiger partial charge on any atom is -0.496 e. The van der Waals surface area contributed by atoms with Crippen molar-refractivity contribution >= 4 is 11.6 Å². The maximum atomic E-state index is 12.0. The van der Waals surface area contributed by atoms with E-state index in [1.54, 1.807) is 7.11 Å². The molecule has 0 saturated heterocycles. The largest absolute Gasteiger partial charge is 0.496 e. The molecule has 0 bridgehead atoms. The summed E-state index contributed by atoms with van der Waals surface area (Å²) in [5.41, 5.74) is 1.99. The number of likely N-dealkylation sites (N-methyl/N-ethyl adjacent to an activating group) is 1. The second-order valence-corrected chi connectivity index (χ2v) is 4.78. The molecular formula is C17H20N2O2. The van der Waals surface area contributed by atoms with Gasteiger partial charge in [0, 0.05) is 24.8 Å². The second-order valence-electron chi connectivity index (χ2n) is 4.78. The number of rotatable bonds is 6. The zero-order chi connectivity index (χ0) is 15.1. The number of anilines is 1. The summed E-state index contributed by atoms with van der Waals surface area (Å²) in [4.78, 5) is 13.9. The number of benzene rings is 2. The molecule has 0 spiro atoms. The standard InChI is InChI=1S/C17H20N2O2/c1-19(15-9-4-3-5-10-15)13-17(20)18-12-14-8-6-7-11-16(14)21-2/h3-11H,12-13H2,1-2H3,(H,18,20). The van der Waals surface area contributed by atoms with E-state index in [0.29, 0.717) is 13.1 Å². The molecule has 0 fully saturated rings. The summed E-state index contributed by atoms with van der Waals surface area (Å²) in [6.07, 6.45) is 0. The van der Waals surface area contributed by atoms with Crippen LogP contribution in [0.3, 0.4) is 0 Å². The van der Waals surface area contributed by atoms with Crippen molar-refractivity contribution in [2.75, 3.05) is 25.6 Å². The predicted octanol–water partition coefficient (Wildman–Crippen LogP) is 2.45. The molecule has 1 amide bonds. The first-order valence-corrected chi connectivity index (χ1v) is 6.85. The molecule has 4 heteroatoms. The molecule has 4 nitrogen and oxygen atoms in total. The number of carbonyl (C=O) groups is 1. The van der Waals surface area contributed by atoms with Crippen molar-refractivity contribution in [2.24, 2.45) is 0 Å². The van der Waals surface area contributed by atoms with Gasteiger partial charge in [-0.15, -0.1) is 0 Å². The Kier molecular flexibility index (Phi) is 5.21. The Morgan fingerprint density at radius 1 is 1.10 bits per heavy atom. The van der Waals surface area contributed by atoms with Gasteiger partial charge in [-0.1, -0.05) is 36.4 Å². The van der Waals surface area contributed by atoms with Crippen LogP contribution in [0.5, 0.6) is 5.75 Å². The van der Waals surface area contributed by atoms with Gasteiger partial charge in [-0.25, -0.2) is 0 Å². The molecule has 0 heterocycles. The van der Waals surface area contributed by atoms with E-state index in [1.807, 2.05) is 66.5 Å². The zero-order valence-electron chi connectivity index (χ0n) is 12.4. The van der Waals surface area contributed by atoms with Gasteiger partial charge in [0.05, 0.1) is 13.7 Å². The number of nitrogens with zero attached hydrogens (tertiary/aromatic N) is 1. The highest BCUT2D eigenvalue weighted by atomic mass is 16.5. The molecule has 0 radical (unpaired) electrons. The Labute approximate surface area is 125 Å². The fraction of sp³-hybridized carbons (Fsp3) is 0.235. The quantitative estimate of drug-likeness (QED) is 0.886. The van der Waals surface area contributed by atoms with Gasteiger partial charge in [0.15, 0.2) is 0 Å². The van der Waals surface area contributed by atoms with E-state index in [4.69, 9.17) is 4.74 Å². The summed E-state index contributed by atoms with van der Waals surface area (Å²) in [6.45, 7) is 0.782. The van der Waals surface area contributed by atoms with Crippen LogP contribution < -0.4 is 15.0 Å². The third-order valence-corrected chi connectivity index (χ3v) is 3.25. The highest BCUT2D eigenvalue weighted by molar-refractivity contribution is 5.81. The lowest BCUT2D eigenvalue weighted by Crippen LogP contribution is -2.34. The van der Waals surface area contributed by atoms with Crippen LogP contribution >= 0.6 is 0 Å². The van der Waals surface area contributed by atoms with Crippen LogP contribution in [0.1, 0.15) is 5.56 Å². The molecule has 2 aromatic rings. The van der Waals surface area contributed by atoms with Gasteiger partial charge >= 0.3 is 0 Å². The molecule has 21 heavy (non-hydrogen) atoms. The summed E-state index contributed by atoms with van der Waals surface area (Å²) >= 11 is 0. The van der Waals surface area contributed by atoms with Crippen LogP contribution in [0.25, 0.3) is 0 Å². The summed E-state index contributed by atoms with van der Waals surface area (Å²) in [5.74, 6) is 0.765. The van der Waals surface area contributed by atoms with Gasteiger partial charge in [-0.2, -0.15) is 0 Å². The molecule has 0 aliphatic heterocycles. The summed E-state index contributed by atoms with van der Waals surface area (Å²) in [5, 5.41) is 2.91. The van der Waals surface area contributed by atoms with E-state index in [2.05, 4.69) is 5.32 Å². The maximum Gasteiger partial charge on any atom is 0.239 e. The second kappa shape index (κ2) is 7.33. The summed E-state index contributed by atoms with van der Waals surface area (Å²) in [6, 6.07) is 17.5. The van der Waals surface area contributed by atoms with Gasteiger partial charge in [-0.3, -0.25) is 4.79 Å². The van der Waals surface area contributed by atoms with Crippen molar-refractivity contribution in [3.05, 3.63) is 60.2 Å². The van der Waals surface area contributed by atoms with Crippen molar-refractivity contribution in [1.82, 2.24) is 5.32 Å². The Bertz CT molecular complexity index is 584. The Hall–Kier alpha value is -2.49. The minimum absolute atomic E-state index is 0.0211. The highest BCUT2D eigenvalue weighted by Crippen LogP contribution is 2.16. The maximum absolute atomic E-state index is 12.0. The fourth-order valence-electron chi connectivity index (χ4n) is 2.09. The van der Waals surface area contributed by atoms with E-state index in [1.165, 1.54) is 0 Å². The van der Waals surface area contributed by atoms with Crippen molar-refractivity contribution < 1.29 is 9.53 Å². The smallest absolute Gasteiger partial charge is 0.239 e. The fourth-order valence-corrected chi connectivity index (χ4v) is 2.09. The van der Waals surface area contributed by atoms with Gasteiger partial charge in [0.2, 0.25) is 5.91 Å². The molecule has 2 rings (SSSR count). The number of hydrogen-bond acceptors (Lipinski definition) is 3. The lowest BCUT2D eigenvalue weighted by molar-refractivity contribution is -0.119. The van der Waals surface area contributed by atoms with Crippen molar-refractivity contribution in [3.8, 4) is 5.75 Å². The number of methoxy groups -OCH3 is 1. The van der Waals surface area contributed by atoms with Crippen molar-refractivity contribution in [3.63, 3.8) is 0 Å². The van der Waals surface area contributed by atoms with E-state index in [9.17, 15) is 4.79 Å². The third-order valence-electron chi connectivity index (χ3n) is 3.25. The van der Waals surface area contributed by atoms with E-state index < -0.39 is 0 Å². The molecular weight excluding hydrogens is 264 g/mol. The van der Waals surface area contributed by atoms with Crippen molar-refractivity contribution in [2.45, 2.75) is 6.54 Å². The lowest BCUT2D eigenvalue weighted by Gasteiger charge is -2.18. The average molecular weight is 284 g/mol. The summed E-state index contributed by atoms with van der Waals surface area (Å²) in [7, 11) is 3.53. The zero-order valence-corrected chi connectivity index (χ0v) is 12.4. The molecule has 0 atom stereocenters. The summed E-state index contributed by atoms with van der Waals surface area (Å²) < 4.78 is 5.27. The van der Waals surface area contributed by atoms with Gasteiger partial charge in [0.25, 0.3) is 0 Å². The monoisotopic (exact) mass is 284 g/mol. The van der Waals surface area contributed by atoms with E-state index >= 15 is 0 Å². The average Bonchev–Trinajstić information content (AvgIpc) is 2.54. The van der Waals surface area contributed by atoms with Gasteiger partial charge in [-0.05, 0) is 18.2 Å². The topological polar surface area (TPSA) is 41.6 Å². The van der Waals surface area contributed by atoms with Gasteiger partial charge in [0.1, 0.15) is 5.75 Å². The number of carbonyl (C=O) groups excluding carboxylic acids is 1. The van der Waals surface area contributed by atoms with Crippen LogP contribution in [0, 0.1) is 0 Å². The first-order chi connectivity index (χ1) is 10.2. The number of para-hydroxylation sites is 2. The predicted molar refractivity (Wildman–Crippen MR) is 84.6 cm³/mol. The minimum atomic E-state index is -0.0211. The Balaban J connectivity index is 1.88. The highest BCUT2D eigenvalue weighted by Gasteiger charge is 2.08. The number of hydrogen-bond donors (Lipinski definition) is 1. The molecule has 0 aromatic heterocycles. The SMILES string of the molecule is COc1ccccc1CNC(=O)CN(C)c1ccccc1. The number of amides is 1. The first-order valence-electron chi connectivity index (χ1n) is 6.85. The van der Waals surface area contributed by atoms with Crippen LogP contribution in [0.4, 0.5) is 5.69 Å². The Morgan fingerprint density at radius 2 is 1.76 bits per heavy atom. The molecule has 1 N–H and O–H groups in total. The van der Waals surface area contributed by atoms with E-state index in [-0.39, 0.29) is 5.91 Å². The van der Waals surface area contributed by atoms with Crippen LogP contribution in [-0.4, -0.2) is 26.6 Å². The normalized spacial score (nSPS) is 10.0. The molecule has 0 aliphatic rings. The molecule has 0 saturated carbocycles. The number of nitrogens with one attached hydrogen (secondary N) is 1. The Morgan fingerprint density at radius 3 is 2.48 bits per heavy atom. The molecule has 0 unspecified atom stereocenters. The van der Waals surface area contributed by atoms with Crippen LogP contribution in [-0.2, 0) is 11.3 Å². The van der Waals surface area contributed by atoms with Crippen LogP contribution in [0.2, 0.25) is 0 Å². The molecule has 2 aromatic carbocycles. The van der Waals surface area contributed by atoms with Crippen molar-refractivity contribution in [1.29, 1.82) is 0 Å². The number of ether oxygens (including phenoxy) is 1. The third kappa shape index (κ3) is 4.24. The van der Waals surface area contributed by atoms with Crippen LogP contribution in [0.15, 0.2) is 54.6 Å². The van der Waals surface area contributed by atoms with E-state index in [0.717, 1.165) is 17.0 Å².